The number of carbonyl (C=O) groups is 2. The predicted molar refractivity (Wildman–Crippen MR) is 95.8 cm³/mol. The zero-order chi connectivity index (χ0) is 18.5. The molecule has 1 atom stereocenters. The summed E-state index contributed by atoms with van der Waals surface area (Å²) in [5, 5.41) is 0. The highest BCUT2D eigenvalue weighted by Crippen LogP contribution is 2.65. The smallest absolute Gasteiger partial charge is 0.344 e. The van der Waals surface area contributed by atoms with Gasteiger partial charge in [0.1, 0.15) is 5.60 Å². The van der Waals surface area contributed by atoms with Gasteiger partial charge in [-0.05, 0) is 90.4 Å². The Hall–Kier alpha value is -1.06. The molecule has 4 saturated carbocycles. The largest absolute Gasteiger partial charge is 0.456 e. The molecule has 0 aromatic carbocycles. The molecule has 0 N–H and O–H groups in total. The lowest BCUT2D eigenvalue weighted by Crippen LogP contribution is -2.58. The van der Waals surface area contributed by atoms with Gasteiger partial charge in [-0.3, -0.25) is 4.79 Å². The van der Waals surface area contributed by atoms with Crippen molar-refractivity contribution in [2.24, 2.45) is 28.6 Å². The minimum Gasteiger partial charge on any atom is -0.456 e. The summed E-state index contributed by atoms with van der Waals surface area (Å²) < 4.78 is 11.2. The second-order valence-corrected chi connectivity index (χ2v) is 10.1. The third-order valence-electron chi connectivity index (χ3n) is 7.11. The Balaban J connectivity index is 1.67. The van der Waals surface area contributed by atoms with Crippen LogP contribution >= 0.6 is 0 Å². The van der Waals surface area contributed by atoms with Crippen LogP contribution in [0.2, 0.25) is 0 Å². The zero-order valence-corrected chi connectivity index (χ0v) is 16.5. The lowest BCUT2D eigenvalue weighted by atomic mass is 9.45. The summed E-state index contributed by atoms with van der Waals surface area (Å²) in [7, 11) is 0. The lowest BCUT2D eigenvalue weighted by molar-refractivity contribution is -0.209. The molecule has 4 aliphatic carbocycles. The highest BCUT2D eigenvalue weighted by Gasteiger charge is 2.59. The predicted octanol–water partition coefficient (Wildman–Crippen LogP) is 4.50. The summed E-state index contributed by atoms with van der Waals surface area (Å²) in [5.74, 6) is 1.67. The fourth-order valence-corrected chi connectivity index (χ4v) is 5.94. The number of ether oxygens (including phenoxy) is 2. The van der Waals surface area contributed by atoms with Crippen molar-refractivity contribution in [3.8, 4) is 0 Å². The normalized spacial score (nSPS) is 36.0. The molecular weight excluding hydrogens is 316 g/mol. The Morgan fingerprint density at radius 3 is 1.84 bits per heavy atom. The Labute approximate surface area is 152 Å². The second kappa shape index (κ2) is 6.28. The van der Waals surface area contributed by atoms with Crippen LogP contribution < -0.4 is 0 Å². The van der Waals surface area contributed by atoms with E-state index in [4.69, 9.17) is 9.47 Å². The van der Waals surface area contributed by atoms with Crippen LogP contribution in [0.15, 0.2) is 0 Å². The summed E-state index contributed by atoms with van der Waals surface area (Å²) >= 11 is 0. The van der Waals surface area contributed by atoms with Gasteiger partial charge in [-0.25, -0.2) is 4.79 Å². The highest BCUT2D eigenvalue weighted by atomic mass is 16.6. The van der Waals surface area contributed by atoms with Crippen molar-refractivity contribution in [3.63, 3.8) is 0 Å². The van der Waals surface area contributed by atoms with Crippen molar-refractivity contribution in [3.05, 3.63) is 0 Å². The van der Waals surface area contributed by atoms with Crippen LogP contribution in [0.1, 0.15) is 79.6 Å². The Kier molecular flexibility index (Phi) is 4.70. The van der Waals surface area contributed by atoms with Gasteiger partial charge >= 0.3 is 11.9 Å². The van der Waals surface area contributed by atoms with Crippen molar-refractivity contribution in [2.45, 2.75) is 85.2 Å². The summed E-state index contributed by atoms with van der Waals surface area (Å²) in [5.41, 5.74) is -0.928. The first-order valence-corrected chi connectivity index (χ1v) is 9.96. The van der Waals surface area contributed by atoms with Crippen molar-refractivity contribution < 1.29 is 19.1 Å². The maximum atomic E-state index is 12.4. The van der Waals surface area contributed by atoms with Gasteiger partial charge in [-0.1, -0.05) is 6.92 Å². The van der Waals surface area contributed by atoms with Gasteiger partial charge in [-0.15, -0.1) is 0 Å². The number of hydrogen-bond acceptors (Lipinski definition) is 4. The molecule has 25 heavy (non-hydrogen) atoms. The number of carbonyl (C=O) groups excluding carboxylic acids is 2. The van der Waals surface area contributed by atoms with Crippen LogP contribution in [0.3, 0.4) is 0 Å². The third-order valence-corrected chi connectivity index (χ3v) is 7.11. The molecule has 4 rings (SSSR count). The van der Waals surface area contributed by atoms with E-state index in [1.165, 1.54) is 38.5 Å². The summed E-state index contributed by atoms with van der Waals surface area (Å²) in [6, 6.07) is 0. The number of esters is 2. The van der Waals surface area contributed by atoms with Crippen LogP contribution in [0.25, 0.3) is 0 Å². The minimum atomic E-state index is -0.603. The Morgan fingerprint density at radius 2 is 1.44 bits per heavy atom. The van der Waals surface area contributed by atoms with Crippen LogP contribution in [0.4, 0.5) is 0 Å². The molecule has 0 heterocycles. The number of rotatable bonds is 5. The molecule has 1 unspecified atom stereocenters. The van der Waals surface area contributed by atoms with E-state index in [-0.39, 0.29) is 18.0 Å². The van der Waals surface area contributed by atoms with Crippen LogP contribution in [0.5, 0.6) is 0 Å². The van der Waals surface area contributed by atoms with Gasteiger partial charge in [0.25, 0.3) is 0 Å². The van der Waals surface area contributed by atoms with Crippen LogP contribution in [-0.2, 0) is 19.1 Å². The molecule has 0 saturated heterocycles. The molecule has 4 aliphatic rings. The average Bonchev–Trinajstić information content (AvgIpc) is 2.50. The maximum absolute atomic E-state index is 12.4. The van der Waals surface area contributed by atoms with E-state index in [9.17, 15) is 9.59 Å². The molecule has 0 aliphatic heterocycles. The van der Waals surface area contributed by atoms with Gasteiger partial charge in [0.15, 0.2) is 6.61 Å². The van der Waals surface area contributed by atoms with Crippen LogP contribution in [0, 0.1) is 28.6 Å². The quantitative estimate of drug-likeness (QED) is 0.685. The minimum absolute atomic E-state index is 0.125. The molecule has 0 aromatic rings. The van der Waals surface area contributed by atoms with Gasteiger partial charge in [0, 0.05) is 5.41 Å². The molecule has 142 valence electrons. The maximum Gasteiger partial charge on any atom is 0.344 e. The third kappa shape index (κ3) is 3.46. The molecule has 0 aromatic heterocycles. The van der Waals surface area contributed by atoms with Crippen molar-refractivity contribution in [1.82, 2.24) is 0 Å². The van der Waals surface area contributed by atoms with Gasteiger partial charge in [-0.2, -0.15) is 0 Å². The zero-order valence-electron chi connectivity index (χ0n) is 16.5. The standard InChI is InChI=1S/C21H34O4/c1-6-20(5,25-17(22)13-24-18(23)19(2,3)4)21-10-14-7-15(11-21)9-16(8-14)12-21/h14-16H,6-13H2,1-5H3. The van der Waals surface area contributed by atoms with Crippen molar-refractivity contribution in [1.29, 1.82) is 0 Å². The number of hydrogen-bond donors (Lipinski definition) is 0. The summed E-state index contributed by atoms with van der Waals surface area (Å²) in [6.07, 6.45) is 8.51. The van der Waals surface area contributed by atoms with E-state index in [0.717, 1.165) is 24.2 Å². The molecule has 4 fully saturated rings. The van der Waals surface area contributed by atoms with E-state index in [0.29, 0.717) is 0 Å². The highest BCUT2D eigenvalue weighted by molar-refractivity contribution is 5.79. The first-order valence-electron chi connectivity index (χ1n) is 9.96. The molecule has 4 heteroatoms. The molecule has 0 radical (unpaired) electrons. The van der Waals surface area contributed by atoms with Crippen LogP contribution in [-0.4, -0.2) is 24.1 Å². The lowest BCUT2D eigenvalue weighted by Gasteiger charge is -2.62. The van der Waals surface area contributed by atoms with Crippen molar-refractivity contribution in [2.75, 3.05) is 6.61 Å². The topological polar surface area (TPSA) is 52.6 Å². The summed E-state index contributed by atoms with van der Waals surface area (Å²) in [6.45, 7) is 9.31. The van der Waals surface area contributed by atoms with E-state index in [1.54, 1.807) is 20.8 Å². The SMILES string of the molecule is CCC(C)(OC(=O)COC(=O)C(C)(C)C)C12CC3CC(CC(C3)C1)C2. The average molecular weight is 350 g/mol. The Morgan fingerprint density at radius 1 is 0.960 bits per heavy atom. The second-order valence-electron chi connectivity index (χ2n) is 10.1. The van der Waals surface area contributed by atoms with Crippen molar-refractivity contribution >= 4 is 11.9 Å². The first-order chi connectivity index (χ1) is 11.6. The Bertz CT molecular complexity index is 509. The van der Waals surface area contributed by atoms with E-state index >= 15 is 0 Å². The van der Waals surface area contributed by atoms with Gasteiger partial charge < -0.3 is 9.47 Å². The molecule has 4 bridgehead atoms. The monoisotopic (exact) mass is 350 g/mol. The fraction of sp³-hybridized carbons (Fsp3) is 0.905. The van der Waals surface area contributed by atoms with Gasteiger partial charge in [0.2, 0.25) is 0 Å². The van der Waals surface area contributed by atoms with E-state index < -0.39 is 17.0 Å². The molecule has 4 nitrogen and oxygen atoms in total. The van der Waals surface area contributed by atoms with Gasteiger partial charge in [0.05, 0.1) is 5.41 Å². The molecular formula is C21H34O4. The molecule has 0 spiro atoms. The van der Waals surface area contributed by atoms with E-state index in [2.05, 4.69) is 13.8 Å². The fourth-order valence-electron chi connectivity index (χ4n) is 5.94. The first kappa shape index (κ1) is 18.7. The molecule has 0 amide bonds. The summed E-state index contributed by atoms with van der Waals surface area (Å²) in [4.78, 5) is 24.3. The van der Waals surface area contributed by atoms with E-state index in [1.807, 2.05) is 0 Å².